The maximum atomic E-state index is 13.2. The molecule has 0 atom stereocenters. The molecule has 0 bridgehead atoms. The molecule has 2 N–H and O–H groups in total. The largest absolute Gasteiger partial charge is 0.393 e. The molecule has 216 valence electrons. The van der Waals surface area contributed by atoms with Crippen LogP contribution in [0, 0.1) is 6.92 Å². The lowest BCUT2D eigenvalue weighted by molar-refractivity contribution is -0.130. The third kappa shape index (κ3) is 7.46. The number of halogens is 5. The Bertz CT molecular complexity index is 1490. The Labute approximate surface area is 238 Å². The zero-order chi connectivity index (χ0) is 29.2. The molecule has 0 radical (unpaired) electrons. The molecule has 2 heterocycles. The van der Waals surface area contributed by atoms with Crippen LogP contribution < -0.4 is 9.61 Å². The third-order valence-electron chi connectivity index (χ3n) is 6.19. The van der Waals surface area contributed by atoms with Crippen LogP contribution in [0.1, 0.15) is 35.3 Å². The van der Waals surface area contributed by atoms with Gasteiger partial charge in [-0.25, -0.2) is 9.69 Å². The molecular formula is C25H25Cl2F3N4O5S. The highest BCUT2D eigenvalue weighted by Gasteiger charge is 2.31. The Balaban J connectivity index is 1.67. The van der Waals surface area contributed by atoms with Crippen LogP contribution in [0.3, 0.4) is 0 Å². The van der Waals surface area contributed by atoms with Crippen molar-refractivity contribution >= 4 is 39.2 Å². The number of carbonyl (C=O) groups is 1. The Hall–Kier alpha value is -2.84. The molecule has 15 heteroatoms. The van der Waals surface area contributed by atoms with Crippen LogP contribution in [0.25, 0.3) is 16.9 Å². The summed E-state index contributed by atoms with van der Waals surface area (Å²) in [6.07, 6.45) is -5.56. The number of nitrogens with one attached hydrogen (secondary N) is 1. The van der Waals surface area contributed by atoms with E-state index in [4.69, 9.17) is 27.4 Å². The number of carbonyl (C=O) groups excluding carboxylic acids is 1. The molecule has 40 heavy (non-hydrogen) atoms. The minimum Gasteiger partial charge on any atom is -0.393 e. The van der Waals surface area contributed by atoms with Crippen molar-refractivity contribution in [1.82, 2.24) is 20.2 Å². The molecule has 1 aliphatic rings. The van der Waals surface area contributed by atoms with Crippen LogP contribution in [-0.2, 0) is 10.1 Å². The van der Waals surface area contributed by atoms with E-state index in [1.165, 1.54) is 35.0 Å². The summed E-state index contributed by atoms with van der Waals surface area (Å²) in [4.78, 5) is 13.2. The first-order valence-corrected chi connectivity index (χ1v) is 14.4. The molecule has 9 nitrogen and oxygen atoms in total. The van der Waals surface area contributed by atoms with Crippen LogP contribution in [0.5, 0.6) is 5.75 Å². The van der Waals surface area contributed by atoms with E-state index < -0.39 is 40.5 Å². The van der Waals surface area contributed by atoms with E-state index in [0.717, 1.165) is 0 Å². The maximum absolute atomic E-state index is 13.2. The van der Waals surface area contributed by atoms with Crippen molar-refractivity contribution in [3.05, 3.63) is 63.8 Å². The minimum absolute atomic E-state index is 0.0993. The molecule has 1 amide bonds. The normalized spacial score (nSPS) is 15.3. The number of benzene rings is 2. The van der Waals surface area contributed by atoms with Gasteiger partial charge in [0.2, 0.25) is 0 Å². The van der Waals surface area contributed by atoms with Crippen LogP contribution in [-0.4, -0.2) is 65.3 Å². The van der Waals surface area contributed by atoms with Gasteiger partial charge in [-0.1, -0.05) is 23.2 Å². The Morgan fingerprint density at radius 1 is 1.15 bits per heavy atom. The lowest BCUT2D eigenvalue weighted by Crippen LogP contribution is -2.47. The van der Waals surface area contributed by atoms with Crippen molar-refractivity contribution in [3.63, 3.8) is 0 Å². The van der Waals surface area contributed by atoms with Gasteiger partial charge in [-0.3, -0.25) is 10.2 Å². The monoisotopic (exact) mass is 620 g/mol. The number of rotatable bonds is 8. The lowest BCUT2D eigenvalue weighted by atomic mass is 10.1. The van der Waals surface area contributed by atoms with E-state index in [1.807, 2.05) is 0 Å². The van der Waals surface area contributed by atoms with Gasteiger partial charge in [0.05, 0.1) is 34.7 Å². The number of hydrogen-bond donors (Lipinski definition) is 2. The van der Waals surface area contributed by atoms with Crippen molar-refractivity contribution in [2.24, 2.45) is 0 Å². The fourth-order valence-corrected chi connectivity index (χ4v) is 5.61. The summed E-state index contributed by atoms with van der Waals surface area (Å²) in [6.45, 7) is 2.62. The standard InChI is InChI=1S/C25H25Cl2F3N4O5S/c1-15-22(24(36)32-33-11-8-18(35)9-12-33)31-34(21-7-4-17(26)14-20(21)27)23(15)16-2-5-19(6-3-16)39-40(37,38)13-10-25(28,29)30/h2-7,14,18,35H,8-13H2,1H3,(H,32,36). The molecule has 0 spiro atoms. The number of alkyl halides is 3. The quantitative estimate of drug-likeness (QED) is 0.344. The zero-order valence-corrected chi connectivity index (χ0v) is 23.4. The molecule has 2 aromatic carbocycles. The van der Waals surface area contributed by atoms with E-state index in [-0.39, 0.29) is 16.5 Å². The molecule has 0 unspecified atom stereocenters. The Morgan fingerprint density at radius 2 is 1.80 bits per heavy atom. The molecule has 1 saturated heterocycles. The maximum Gasteiger partial charge on any atom is 0.390 e. The highest BCUT2D eigenvalue weighted by atomic mass is 35.5. The number of amides is 1. The van der Waals surface area contributed by atoms with Gasteiger partial charge in [-0.2, -0.15) is 26.7 Å². The number of aromatic nitrogens is 2. The topological polar surface area (TPSA) is 114 Å². The van der Waals surface area contributed by atoms with Crippen molar-refractivity contribution in [1.29, 1.82) is 0 Å². The zero-order valence-electron chi connectivity index (χ0n) is 21.1. The highest BCUT2D eigenvalue weighted by Crippen LogP contribution is 2.34. The SMILES string of the molecule is Cc1c(C(=O)NN2CCC(O)CC2)nn(-c2ccc(Cl)cc2Cl)c1-c1ccc(OS(=O)(=O)CCC(F)(F)F)cc1. The summed E-state index contributed by atoms with van der Waals surface area (Å²) in [7, 11) is -4.48. The van der Waals surface area contributed by atoms with Crippen LogP contribution in [0.2, 0.25) is 10.0 Å². The molecule has 0 saturated carbocycles. The average molecular weight is 621 g/mol. The molecule has 3 aromatic rings. The van der Waals surface area contributed by atoms with Gasteiger partial charge in [0.1, 0.15) is 5.75 Å². The summed E-state index contributed by atoms with van der Waals surface area (Å²) in [6, 6.07) is 10.3. The predicted octanol–water partition coefficient (Wildman–Crippen LogP) is 4.92. The van der Waals surface area contributed by atoms with Crippen molar-refractivity contribution in [3.8, 4) is 22.7 Å². The smallest absolute Gasteiger partial charge is 0.390 e. The van der Waals surface area contributed by atoms with Gasteiger partial charge >= 0.3 is 16.3 Å². The summed E-state index contributed by atoms with van der Waals surface area (Å²) >= 11 is 12.5. The number of nitrogens with zero attached hydrogens (tertiary/aromatic N) is 3. The van der Waals surface area contributed by atoms with Gasteiger partial charge in [0.25, 0.3) is 5.91 Å². The molecule has 0 aliphatic carbocycles. The first-order chi connectivity index (χ1) is 18.7. The fraction of sp³-hybridized carbons (Fsp3) is 0.360. The Kier molecular flexibility index (Phi) is 9.00. The average Bonchev–Trinajstić information content (AvgIpc) is 3.21. The molecule has 1 aromatic heterocycles. The van der Waals surface area contributed by atoms with Gasteiger partial charge in [-0.15, -0.1) is 0 Å². The van der Waals surface area contributed by atoms with Gasteiger partial charge < -0.3 is 9.29 Å². The first kappa shape index (κ1) is 30.1. The number of hydrogen-bond acceptors (Lipinski definition) is 7. The second kappa shape index (κ2) is 12.0. The number of piperidine rings is 1. The summed E-state index contributed by atoms with van der Waals surface area (Å²) < 4.78 is 67.6. The third-order valence-corrected chi connectivity index (χ3v) is 7.87. The highest BCUT2D eigenvalue weighted by molar-refractivity contribution is 7.87. The number of aliphatic hydroxyl groups is 1. The molecule has 4 rings (SSSR count). The van der Waals surface area contributed by atoms with E-state index in [2.05, 4.69) is 10.5 Å². The summed E-state index contributed by atoms with van der Waals surface area (Å²) in [5.74, 6) is -1.87. The van der Waals surface area contributed by atoms with Crippen molar-refractivity contribution in [2.45, 2.75) is 38.5 Å². The van der Waals surface area contributed by atoms with Crippen LogP contribution >= 0.6 is 23.2 Å². The van der Waals surface area contributed by atoms with Gasteiger partial charge in [-0.05, 0) is 62.2 Å². The minimum atomic E-state index is -4.64. The van der Waals surface area contributed by atoms with Gasteiger partial charge in [0.15, 0.2) is 5.69 Å². The fourth-order valence-electron chi connectivity index (χ4n) is 4.15. The van der Waals surface area contributed by atoms with Crippen molar-refractivity contribution in [2.75, 3.05) is 18.8 Å². The molecule has 1 aliphatic heterocycles. The molecular weight excluding hydrogens is 596 g/mol. The first-order valence-electron chi connectivity index (χ1n) is 12.1. The van der Waals surface area contributed by atoms with E-state index >= 15 is 0 Å². The van der Waals surface area contributed by atoms with Crippen LogP contribution in [0.15, 0.2) is 42.5 Å². The predicted molar refractivity (Wildman–Crippen MR) is 143 cm³/mol. The second-order valence-corrected chi connectivity index (χ2v) is 11.8. The Morgan fingerprint density at radius 3 is 2.40 bits per heavy atom. The van der Waals surface area contributed by atoms with Crippen molar-refractivity contribution < 1.29 is 35.7 Å². The summed E-state index contributed by atoms with van der Waals surface area (Å²) in [5, 5.41) is 16.6. The van der Waals surface area contributed by atoms with E-state index in [1.54, 1.807) is 24.1 Å². The lowest BCUT2D eigenvalue weighted by Gasteiger charge is -2.29. The number of aliphatic hydroxyl groups excluding tert-OH is 1. The van der Waals surface area contributed by atoms with E-state index in [9.17, 15) is 31.5 Å². The molecule has 1 fully saturated rings. The second-order valence-electron chi connectivity index (χ2n) is 9.22. The van der Waals surface area contributed by atoms with Crippen LogP contribution in [0.4, 0.5) is 13.2 Å². The van der Waals surface area contributed by atoms with Gasteiger partial charge in [0, 0.05) is 29.2 Å². The summed E-state index contributed by atoms with van der Waals surface area (Å²) in [5.41, 5.74) is 4.75. The van der Waals surface area contributed by atoms with E-state index in [0.29, 0.717) is 53.5 Å². The number of hydrazine groups is 1.